The van der Waals surface area contributed by atoms with Gasteiger partial charge >= 0.3 is 17.9 Å². The Labute approximate surface area is 380 Å². The van der Waals surface area contributed by atoms with Crippen LogP contribution in [0.25, 0.3) is 0 Å². The highest BCUT2D eigenvalue weighted by atomic mass is 16.6. The van der Waals surface area contributed by atoms with Crippen LogP contribution < -0.4 is 0 Å². The molecule has 0 aliphatic heterocycles. The number of hydrogen-bond acceptors (Lipinski definition) is 6. The van der Waals surface area contributed by atoms with Gasteiger partial charge in [-0.2, -0.15) is 0 Å². The maximum atomic E-state index is 12.6. The molecule has 0 aromatic rings. The van der Waals surface area contributed by atoms with Gasteiger partial charge in [0.15, 0.2) is 6.10 Å². The van der Waals surface area contributed by atoms with Crippen LogP contribution in [0.3, 0.4) is 0 Å². The van der Waals surface area contributed by atoms with Gasteiger partial charge in [0.25, 0.3) is 0 Å². The summed E-state index contributed by atoms with van der Waals surface area (Å²) in [6.07, 6.45) is 52.8. The van der Waals surface area contributed by atoms with E-state index in [-0.39, 0.29) is 31.1 Å². The molecule has 0 bridgehead atoms. The summed E-state index contributed by atoms with van der Waals surface area (Å²) >= 11 is 0. The molecule has 0 heterocycles. The number of rotatable bonds is 50. The quantitative estimate of drug-likeness (QED) is 0.0344. The molecule has 6 heteroatoms. The van der Waals surface area contributed by atoms with Crippen LogP contribution >= 0.6 is 0 Å². The van der Waals surface area contributed by atoms with Crippen molar-refractivity contribution in [1.29, 1.82) is 0 Å². The van der Waals surface area contributed by atoms with Crippen LogP contribution in [-0.2, 0) is 28.6 Å². The molecule has 0 rings (SSSR count). The lowest BCUT2D eigenvalue weighted by molar-refractivity contribution is -0.167. The Morgan fingerprint density at radius 2 is 0.541 bits per heavy atom. The monoisotopic (exact) mass is 863 g/mol. The highest BCUT2D eigenvalue weighted by Gasteiger charge is 2.19. The molecule has 0 radical (unpaired) electrons. The van der Waals surface area contributed by atoms with Crippen LogP contribution in [0.5, 0.6) is 0 Å². The Hall–Kier alpha value is -1.59. The summed E-state index contributed by atoms with van der Waals surface area (Å²) in [7, 11) is 0. The summed E-state index contributed by atoms with van der Waals surface area (Å²) in [6, 6.07) is 0. The predicted octanol–water partition coefficient (Wildman–Crippen LogP) is 17.8. The van der Waals surface area contributed by atoms with Gasteiger partial charge in [-0.1, -0.05) is 272 Å². The molecule has 0 saturated carbocycles. The van der Waals surface area contributed by atoms with Gasteiger partial charge in [0.2, 0.25) is 0 Å². The lowest BCUT2D eigenvalue weighted by Gasteiger charge is -2.18. The molecular weight excluding hydrogens is 757 g/mol. The molecule has 0 fully saturated rings. The molecule has 6 nitrogen and oxygen atoms in total. The second-order valence-corrected chi connectivity index (χ2v) is 19.3. The molecule has 0 unspecified atom stereocenters. The van der Waals surface area contributed by atoms with Gasteiger partial charge in [-0.25, -0.2) is 0 Å². The molecule has 0 spiro atoms. The van der Waals surface area contributed by atoms with Gasteiger partial charge in [0.05, 0.1) is 0 Å². The number of unbranched alkanes of at least 4 members (excludes halogenated alkanes) is 37. The van der Waals surface area contributed by atoms with Gasteiger partial charge in [0.1, 0.15) is 13.2 Å². The normalized spacial score (nSPS) is 12.0. The Morgan fingerprint density at radius 1 is 0.311 bits per heavy atom. The van der Waals surface area contributed by atoms with Gasteiger partial charge in [-0.05, 0) is 25.2 Å². The second-order valence-electron chi connectivity index (χ2n) is 19.3. The van der Waals surface area contributed by atoms with Crippen LogP contribution in [0.15, 0.2) is 0 Å². The molecule has 0 N–H and O–H groups in total. The third kappa shape index (κ3) is 49.3. The minimum Gasteiger partial charge on any atom is -0.462 e. The Kier molecular flexibility index (Phi) is 48.1. The molecule has 0 aliphatic rings. The fourth-order valence-corrected chi connectivity index (χ4v) is 8.39. The fraction of sp³-hybridized carbons (Fsp3) is 0.945. The predicted molar refractivity (Wildman–Crippen MR) is 261 cm³/mol. The third-order valence-corrected chi connectivity index (χ3v) is 12.5. The molecule has 0 aromatic carbocycles. The van der Waals surface area contributed by atoms with E-state index >= 15 is 0 Å². The van der Waals surface area contributed by atoms with E-state index in [1.807, 2.05) is 0 Å². The van der Waals surface area contributed by atoms with E-state index in [1.54, 1.807) is 0 Å². The number of hydrogen-bond donors (Lipinski definition) is 0. The zero-order valence-electron chi connectivity index (χ0n) is 41.6. The first-order chi connectivity index (χ1) is 29.9. The van der Waals surface area contributed by atoms with Crippen molar-refractivity contribution in [1.82, 2.24) is 0 Å². The van der Waals surface area contributed by atoms with Crippen molar-refractivity contribution >= 4 is 17.9 Å². The summed E-state index contributed by atoms with van der Waals surface area (Å²) in [5.74, 6) is 0.00270. The number of esters is 3. The first-order valence-corrected chi connectivity index (χ1v) is 27.4. The Bertz CT molecular complexity index is 918. The lowest BCUT2D eigenvalue weighted by atomic mass is 10.0. The molecule has 0 aromatic heterocycles. The molecule has 0 saturated heterocycles. The summed E-state index contributed by atoms with van der Waals surface area (Å²) in [4.78, 5) is 37.7. The van der Waals surface area contributed by atoms with Crippen LogP contribution in [0, 0.1) is 5.92 Å². The Balaban J connectivity index is 4.00. The lowest BCUT2D eigenvalue weighted by Crippen LogP contribution is -2.30. The smallest absolute Gasteiger partial charge is 0.306 e. The molecule has 1 atom stereocenters. The van der Waals surface area contributed by atoms with Gasteiger partial charge in [-0.15, -0.1) is 0 Å². The minimum atomic E-state index is -0.759. The molecule has 0 amide bonds. The average Bonchev–Trinajstić information content (AvgIpc) is 3.24. The maximum absolute atomic E-state index is 12.6. The van der Waals surface area contributed by atoms with E-state index in [0.29, 0.717) is 19.3 Å². The number of ether oxygens (including phenoxy) is 3. The van der Waals surface area contributed by atoms with Crippen molar-refractivity contribution in [2.24, 2.45) is 5.92 Å². The fourth-order valence-electron chi connectivity index (χ4n) is 8.39. The summed E-state index contributed by atoms with van der Waals surface area (Å²) in [5, 5.41) is 0. The van der Waals surface area contributed by atoms with E-state index in [4.69, 9.17) is 14.2 Å². The largest absolute Gasteiger partial charge is 0.462 e. The van der Waals surface area contributed by atoms with E-state index < -0.39 is 6.10 Å². The van der Waals surface area contributed by atoms with Crippen LogP contribution in [-0.4, -0.2) is 37.2 Å². The van der Waals surface area contributed by atoms with Gasteiger partial charge < -0.3 is 14.2 Å². The highest BCUT2D eigenvalue weighted by molar-refractivity contribution is 5.71. The SMILES string of the molecule is CCCCCCCCCCCCCCCCCCCC(=O)OC[C@@H](COC(=O)CCCCCCCCCCCCCCCCCCCCC(C)C)OC(=O)CCCCCCC. The van der Waals surface area contributed by atoms with Crippen molar-refractivity contribution in [3.05, 3.63) is 0 Å². The first-order valence-electron chi connectivity index (χ1n) is 27.4. The summed E-state index contributed by atoms with van der Waals surface area (Å²) < 4.78 is 16.7. The van der Waals surface area contributed by atoms with Crippen molar-refractivity contribution in [3.63, 3.8) is 0 Å². The second kappa shape index (κ2) is 49.4. The highest BCUT2D eigenvalue weighted by Crippen LogP contribution is 2.18. The Morgan fingerprint density at radius 3 is 0.803 bits per heavy atom. The van der Waals surface area contributed by atoms with Crippen LogP contribution in [0.4, 0.5) is 0 Å². The molecule has 0 aliphatic carbocycles. The summed E-state index contributed by atoms with van der Waals surface area (Å²) in [5.41, 5.74) is 0. The maximum Gasteiger partial charge on any atom is 0.306 e. The van der Waals surface area contributed by atoms with Gasteiger partial charge in [0, 0.05) is 19.3 Å². The standard InChI is InChI=1S/C55H106O6/c1-5-7-9-11-12-13-14-15-16-19-23-26-29-32-35-39-42-46-53(56)59-49-52(61-55(58)48-44-37-10-8-6-2)50-60-54(57)47-43-40-36-33-30-27-24-21-18-17-20-22-25-28-31-34-38-41-45-51(3)4/h51-52H,5-50H2,1-4H3/t52-/m0/s1. The zero-order chi connectivity index (χ0) is 44.5. The molecular formula is C55H106O6. The molecule has 61 heavy (non-hydrogen) atoms. The molecule has 362 valence electrons. The van der Waals surface area contributed by atoms with E-state index in [9.17, 15) is 14.4 Å². The van der Waals surface area contributed by atoms with Crippen LogP contribution in [0.1, 0.15) is 310 Å². The third-order valence-electron chi connectivity index (χ3n) is 12.5. The van der Waals surface area contributed by atoms with Crippen molar-refractivity contribution < 1.29 is 28.6 Å². The summed E-state index contributed by atoms with van der Waals surface area (Å²) in [6.45, 7) is 8.98. The average molecular weight is 863 g/mol. The van der Waals surface area contributed by atoms with Gasteiger partial charge in [-0.3, -0.25) is 14.4 Å². The van der Waals surface area contributed by atoms with Crippen molar-refractivity contribution in [3.8, 4) is 0 Å². The van der Waals surface area contributed by atoms with E-state index in [1.165, 1.54) is 199 Å². The topological polar surface area (TPSA) is 78.9 Å². The minimum absolute atomic E-state index is 0.0640. The van der Waals surface area contributed by atoms with Crippen molar-refractivity contribution in [2.75, 3.05) is 13.2 Å². The van der Waals surface area contributed by atoms with Crippen molar-refractivity contribution in [2.45, 2.75) is 316 Å². The number of carbonyl (C=O) groups excluding carboxylic acids is 3. The van der Waals surface area contributed by atoms with E-state index in [2.05, 4.69) is 27.7 Å². The van der Waals surface area contributed by atoms with E-state index in [0.717, 1.165) is 70.1 Å². The first kappa shape index (κ1) is 59.4. The zero-order valence-corrected chi connectivity index (χ0v) is 41.6. The number of carbonyl (C=O) groups is 3. The van der Waals surface area contributed by atoms with Crippen LogP contribution in [0.2, 0.25) is 0 Å².